The zero-order valence-electron chi connectivity index (χ0n) is 13.3. The summed E-state index contributed by atoms with van der Waals surface area (Å²) in [4.78, 5) is 12.3. The molecule has 23 heavy (non-hydrogen) atoms. The lowest BCUT2D eigenvalue weighted by atomic mass is 10.1. The molecule has 0 unspecified atom stereocenters. The highest BCUT2D eigenvalue weighted by Gasteiger charge is 2.20. The van der Waals surface area contributed by atoms with Gasteiger partial charge in [-0.1, -0.05) is 36.2 Å². The number of hydrogen-bond donors (Lipinski definition) is 1. The molecule has 0 saturated heterocycles. The summed E-state index contributed by atoms with van der Waals surface area (Å²) < 4.78 is 2.16. The molecule has 2 aromatic rings. The first-order chi connectivity index (χ1) is 11.1. The number of nitrogens with zero attached hydrogens (tertiary/aromatic N) is 3. The predicted molar refractivity (Wildman–Crippen MR) is 89.3 cm³/mol. The van der Waals surface area contributed by atoms with E-state index < -0.39 is 0 Å². The van der Waals surface area contributed by atoms with E-state index in [2.05, 4.69) is 20.1 Å². The second-order valence-corrected chi connectivity index (χ2v) is 6.40. The fourth-order valence-corrected chi connectivity index (χ4v) is 3.20. The Labute approximate surface area is 141 Å². The molecule has 1 aliphatic rings. The number of carbonyl (C=O) groups excluding carboxylic acids is 1. The fourth-order valence-electron chi connectivity index (χ4n) is 3.00. The summed E-state index contributed by atoms with van der Waals surface area (Å²) in [5.74, 6) is 1.82. The minimum absolute atomic E-state index is 0.0587. The van der Waals surface area contributed by atoms with Gasteiger partial charge in [-0.05, 0) is 31.4 Å². The van der Waals surface area contributed by atoms with Crippen molar-refractivity contribution in [2.24, 2.45) is 0 Å². The van der Waals surface area contributed by atoms with Gasteiger partial charge >= 0.3 is 0 Å². The molecule has 2 heterocycles. The van der Waals surface area contributed by atoms with Gasteiger partial charge < -0.3 is 9.88 Å². The van der Waals surface area contributed by atoms with E-state index in [1.807, 2.05) is 25.1 Å². The highest BCUT2D eigenvalue weighted by molar-refractivity contribution is 6.31. The maximum Gasteiger partial charge on any atom is 0.225 e. The van der Waals surface area contributed by atoms with Crippen molar-refractivity contribution in [3.63, 3.8) is 0 Å². The van der Waals surface area contributed by atoms with E-state index in [1.165, 1.54) is 6.42 Å². The number of carbonyl (C=O) groups is 1. The minimum Gasteiger partial charge on any atom is -0.346 e. The van der Waals surface area contributed by atoms with E-state index in [9.17, 15) is 4.79 Å². The van der Waals surface area contributed by atoms with Crippen LogP contribution in [-0.2, 0) is 24.2 Å². The second kappa shape index (κ2) is 7.13. The monoisotopic (exact) mass is 332 g/mol. The predicted octanol–water partition coefficient (Wildman–Crippen LogP) is 3.08. The summed E-state index contributed by atoms with van der Waals surface area (Å²) in [6.45, 7) is 2.88. The van der Waals surface area contributed by atoms with Gasteiger partial charge in [0.1, 0.15) is 5.82 Å². The molecular formula is C17H21ClN4O. The Bertz CT molecular complexity index is 698. The van der Waals surface area contributed by atoms with Gasteiger partial charge in [0.2, 0.25) is 5.91 Å². The lowest BCUT2D eigenvalue weighted by Crippen LogP contribution is -2.30. The standard InChI is InChI=1S/C17H21ClN4O/c1-12(17-21-20-15-9-3-2-6-10-22(15)17)19-16(23)11-13-7-4-5-8-14(13)18/h4-5,7-8,12H,2-3,6,9-11H2,1H3,(H,19,23)/t12-/m0/s1. The molecule has 0 bridgehead atoms. The summed E-state index contributed by atoms with van der Waals surface area (Å²) in [6.07, 6.45) is 4.75. The van der Waals surface area contributed by atoms with Crippen LogP contribution in [0, 0.1) is 0 Å². The molecule has 0 aliphatic carbocycles. The molecule has 1 N–H and O–H groups in total. The van der Waals surface area contributed by atoms with Crippen molar-refractivity contribution in [3.8, 4) is 0 Å². The van der Waals surface area contributed by atoms with Gasteiger partial charge in [0.15, 0.2) is 5.82 Å². The molecule has 1 atom stereocenters. The van der Waals surface area contributed by atoms with Gasteiger partial charge in [-0.25, -0.2) is 0 Å². The smallest absolute Gasteiger partial charge is 0.225 e. The average molecular weight is 333 g/mol. The zero-order chi connectivity index (χ0) is 16.2. The number of hydrogen-bond acceptors (Lipinski definition) is 3. The van der Waals surface area contributed by atoms with E-state index in [0.29, 0.717) is 5.02 Å². The first-order valence-electron chi connectivity index (χ1n) is 8.10. The number of halogens is 1. The molecule has 1 aromatic carbocycles. The van der Waals surface area contributed by atoms with Crippen molar-refractivity contribution in [2.75, 3.05) is 0 Å². The Morgan fingerprint density at radius 1 is 1.30 bits per heavy atom. The third-order valence-electron chi connectivity index (χ3n) is 4.21. The van der Waals surface area contributed by atoms with Gasteiger partial charge in [0, 0.05) is 18.0 Å². The lowest BCUT2D eigenvalue weighted by Gasteiger charge is -2.15. The van der Waals surface area contributed by atoms with Crippen molar-refractivity contribution in [1.29, 1.82) is 0 Å². The van der Waals surface area contributed by atoms with Crippen molar-refractivity contribution in [1.82, 2.24) is 20.1 Å². The number of rotatable bonds is 4. The van der Waals surface area contributed by atoms with Gasteiger partial charge in [-0.3, -0.25) is 4.79 Å². The van der Waals surface area contributed by atoms with Gasteiger partial charge in [0.05, 0.1) is 12.5 Å². The summed E-state index contributed by atoms with van der Waals surface area (Å²) in [5.41, 5.74) is 0.832. The van der Waals surface area contributed by atoms with Gasteiger partial charge in [-0.15, -0.1) is 10.2 Å². The number of nitrogens with one attached hydrogen (secondary N) is 1. The summed E-state index contributed by atoms with van der Waals surface area (Å²) in [5, 5.41) is 12.2. The van der Waals surface area contributed by atoms with E-state index >= 15 is 0 Å². The Morgan fingerprint density at radius 2 is 2.13 bits per heavy atom. The van der Waals surface area contributed by atoms with Crippen LogP contribution in [0.3, 0.4) is 0 Å². The summed E-state index contributed by atoms with van der Waals surface area (Å²) >= 11 is 6.11. The van der Waals surface area contributed by atoms with Gasteiger partial charge in [0.25, 0.3) is 0 Å². The van der Waals surface area contributed by atoms with Crippen molar-refractivity contribution >= 4 is 17.5 Å². The van der Waals surface area contributed by atoms with Crippen LogP contribution in [0.2, 0.25) is 5.02 Å². The molecule has 0 fully saturated rings. The molecule has 0 saturated carbocycles. The topological polar surface area (TPSA) is 59.8 Å². The quantitative estimate of drug-likeness (QED) is 0.936. The molecule has 1 aliphatic heterocycles. The SMILES string of the molecule is C[C@H](NC(=O)Cc1ccccc1Cl)c1nnc2n1CCCCC2. The molecule has 6 heteroatoms. The number of benzene rings is 1. The van der Waals surface area contributed by atoms with Crippen LogP contribution in [0.1, 0.15) is 49.4 Å². The Morgan fingerprint density at radius 3 is 2.96 bits per heavy atom. The van der Waals surface area contributed by atoms with Crippen molar-refractivity contribution in [3.05, 3.63) is 46.5 Å². The lowest BCUT2D eigenvalue weighted by molar-refractivity contribution is -0.121. The van der Waals surface area contributed by atoms with Crippen LogP contribution < -0.4 is 5.32 Å². The average Bonchev–Trinajstić information content (AvgIpc) is 2.79. The molecule has 0 spiro atoms. The Kier molecular flexibility index (Phi) is 4.96. The highest BCUT2D eigenvalue weighted by atomic mass is 35.5. The van der Waals surface area contributed by atoms with Crippen LogP contribution in [-0.4, -0.2) is 20.7 Å². The van der Waals surface area contributed by atoms with Crippen LogP contribution in [0.25, 0.3) is 0 Å². The minimum atomic E-state index is -0.163. The molecule has 1 aromatic heterocycles. The summed E-state index contributed by atoms with van der Waals surface area (Å²) in [7, 11) is 0. The number of aromatic nitrogens is 3. The number of amides is 1. The molecule has 0 radical (unpaired) electrons. The molecule has 5 nitrogen and oxygen atoms in total. The Balaban J connectivity index is 1.67. The maximum absolute atomic E-state index is 12.3. The summed E-state index contributed by atoms with van der Waals surface area (Å²) in [6, 6.07) is 7.25. The van der Waals surface area contributed by atoms with E-state index in [1.54, 1.807) is 6.07 Å². The largest absolute Gasteiger partial charge is 0.346 e. The zero-order valence-corrected chi connectivity index (χ0v) is 14.0. The highest BCUT2D eigenvalue weighted by Crippen LogP contribution is 2.19. The van der Waals surface area contributed by atoms with Crippen molar-refractivity contribution < 1.29 is 4.79 Å². The van der Waals surface area contributed by atoms with E-state index in [0.717, 1.165) is 43.0 Å². The number of fused-ring (bicyclic) bond motifs is 1. The molecular weight excluding hydrogens is 312 g/mol. The molecule has 122 valence electrons. The third kappa shape index (κ3) is 3.72. The van der Waals surface area contributed by atoms with Crippen LogP contribution in [0.5, 0.6) is 0 Å². The fraction of sp³-hybridized carbons (Fsp3) is 0.471. The molecule has 3 rings (SSSR count). The first-order valence-corrected chi connectivity index (χ1v) is 8.47. The van der Waals surface area contributed by atoms with Crippen LogP contribution in [0.15, 0.2) is 24.3 Å². The van der Waals surface area contributed by atoms with E-state index in [4.69, 9.17) is 11.6 Å². The third-order valence-corrected chi connectivity index (χ3v) is 4.58. The maximum atomic E-state index is 12.3. The molecule has 1 amide bonds. The second-order valence-electron chi connectivity index (χ2n) is 5.99. The Hall–Kier alpha value is -1.88. The van der Waals surface area contributed by atoms with Crippen LogP contribution >= 0.6 is 11.6 Å². The van der Waals surface area contributed by atoms with Crippen LogP contribution in [0.4, 0.5) is 0 Å². The number of aryl methyl sites for hydroxylation is 1. The van der Waals surface area contributed by atoms with E-state index in [-0.39, 0.29) is 18.4 Å². The first kappa shape index (κ1) is 16.0. The normalized spacial score (nSPS) is 15.6. The van der Waals surface area contributed by atoms with Crippen molar-refractivity contribution in [2.45, 2.75) is 51.6 Å². The van der Waals surface area contributed by atoms with Gasteiger partial charge in [-0.2, -0.15) is 0 Å².